The minimum atomic E-state index is -0.365. The number of β-amino-alcohol motifs (C(OH)–C–C–N with tert-alkyl or cyclic N) is 1. The summed E-state index contributed by atoms with van der Waals surface area (Å²) < 4.78 is 2.65. The van der Waals surface area contributed by atoms with Crippen LogP contribution in [0.4, 0.5) is 0 Å². The second kappa shape index (κ2) is 5.20. The highest BCUT2D eigenvalue weighted by molar-refractivity contribution is 9.10. The van der Waals surface area contributed by atoms with Gasteiger partial charge in [0.25, 0.3) is 5.91 Å². The lowest BCUT2D eigenvalue weighted by atomic mass is 10.1. The molecule has 1 amide bonds. The van der Waals surface area contributed by atoms with Crippen LogP contribution in [0.5, 0.6) is 0 Å². The summed E-state index contributed by atoms with van der Waals surface area (Å²) >= 11 is 3.33. The Morgan fingerprint density at radius 3 is 3.00 bits per heavy atom. The molecule has 2 atom stereocenters. The highest BCUT2D eigenvalue weighted by Crippen LogP contribution is 2.14. The molecule has 2 heterocycles. The topological polar surface area (TPSA) is 66.3 Å². The van der Waals surface area contributed by atoms with Crippen molar-refractivity contribution in [2.75, 3.05) is 19.6 Å². The molecule has 1 aromatic heterocycles. The van der Waals surface area contributed by atoms with Crippen molar-refractivity contribution in [1.29, 1.82) is 0 Å². The third kappa shape index (κ3) is 2.88. The van der Waals surface area contributed by atoms with Gasteiger partial charge in [0.2, 0.25) is 0 Å². The zero-order valence-electron chi connectivity index (χ0n) is 9.61. The molecule has 2 unspecified atom stereocenters. The van der Waals surface area contributed by atoms with E-state index in [0.29, 0.717) is 18.8 Å². The number of nitrogens with one attached hydrogen (secondary N) is 2. The van der Waals surface area contributed by atoms with E-state index in [9.17, 15) is 9.90 Å². The molecule has 1 aliphatic heterocycles. The normalized spacial score (nSPS) is 23.9. The number of rotatable bonds is 3. The number of aromatic nitrogens is 1. The van der Waals surface area contributed by atoms with Crippen molar-refractivity contribution in [2.24, 2.45) is 13.0 Å². The van der Waals surface area contributed by atoms with Gasteiger partial charge in [-0.15, -0.1) is 0 Å². The number of carbonyl (C=O) groups is 1. The summed E-state index contributed by atoms with van der Waals surface area (Å²) in [4.78, 5) is 11.9. The van der Waals surface area contributed by atoms with E-state index in [4.69, 9.17) is 0 Å². The summed E-state index contributed by atoms with van der Waals surface area (Å²) in [5.74, 6) is -0.0139. The average Bonchev–Trinajstić information content (AvgIpc) is 2.81. The Bertz CT molecular complexity index is 419. The number of amides is 1. The maximum atomic E-state index is 11.9. The highest BCUT2D eigenvalue weighted by Gasteiger charge is 2.25. The molecule has 1 fully saturated rings. The molecule has 0 radical (unpaired) electrons. The van der Waals surface area contributed by atoms with Gasteiger partial charge in [-0.25, -0.2) is 0 Å². The van der Waals surface area contributed by atoms with Gasteiger partial charge in [0.1, 0.15) is 5.69 Å². The summed E-state index contributed by atoms with van der Waals surface area (Å²) in [6, 6.07) is 1.78. The van der Waals surface area contributed by atoms with Gasteiger partial charge >= 0.3 is 0 Å². The number of halogens is 1. The SMILES string of the molecule is Cn1cc(Br)cc1C(=O)NCC1CNCC1O. The van der Waals surface area contributed by atoms with Gasteiger partial charge in [0.05, 0.1) is 6.10 Å². The molecule has 1 aromatic rings. The van der Waals surface area contributed by atoms with Gasteiger partial charge in [-0.2, -0.15) is 0 Å². The lowest BCUT2D eigenvalue weighted by molar-refractivity contribution is 0.0919. The van der Waals surface area contributed by atoms with Gasteiger partial charge in [0.15, 0.2) is 0 Å². The standard InChI is InChI=1S/C11H16BrN3O2/c1-15-6-8(12)2-9(15)11(17)14-4-7-3-13-5-10(7)16/h2,6-7,10,13,16H,3-5H2,1H3,(H,14,17). The van der Waals surface area contributed by atoms with Crippen molar-refractivity contribution in [2.45, 2.75) is 6.10 Å². The molecule has 0 spiro atoms. The van der Waals surface area contributed by atoms with Crippen LogP contribution in [0, 0.1) is 5.92 Å². The van der Waals surface area contributed by atoms with Crippen molar-refractivity contribution < 1.29 is 9.90 Å². The smallest absolute Gasteiger partial charge is 0.267 e. The van der Waals surface area contributed by atoms with Gasteiger partial charge in [-0.1, -0.05) is 0 Å². The molecule has 94 valence electrons. The van der Waals surface area contributed by atoms with E-state index in [1.807, 2.05) is 13.2 Å². The molecule has 3 N–H and O–H groups in total. The van der Waals surface area contributed by atoms with Crippen LogP contribution in [-0.4, -0.2) is 41.3 Å². The Kier molecular flexibility index (Phi) is 3.86. The predicted molar refractivity (Wildman–Crippen MR) is 67.8 cm³/mol. The molecule has 0 bridgehead atoms. The summed E-state index contributed by atoms with van der Waals surface area (Å²) in [6.45, 7) is 1.85. The van der Waals surface area contributed by atoms with E-state index in [-0.39, 0.29) is 17.9 Å². The van der Waals surface area contributed by atoms with Crippen LogP contribution >= 0.6 is 15.9 Å². The number of hydrogen-bond acceptors (Lipinski definition) is 3. The minimum Gasteiger partial charge on any atom is -0.391 e. The van der Waals surface area contributed by atoms with Crippen LogP contribution in [-0.2, 0) is 7.05 Å². The van der Waals surface area contributed by atoms with E-state index < -0.39 is 0 Å². The molecule has 1 saturated heterocycles. The average molecular weight is 302 g/mol. The van der Waals surface area contributed by atoms with Crippen LogP contribution in [0.15, 0.2) is 16.7 Å². The number of aliphatic hydroxyl groups excluding tert-OH is 1. The first-order chi connectivity index (χ1) is 8.08. The molecule has 0 aromatic carbocycles. The Morgan fingerprint density at radius 1 is 1.71 bits per heavy atom. The Labute approximate surface area is 108 Å². The van der Waals surface area contributed by atoms with Gasteiger partial charge in [0, 0.05) is 43.3 Å². The van der Waals surface area contributed by atoms with E-state index in [1.165, 1.54) is 0 Å². The largest absolute Gasteiger partial charge is 0.391 e. The fourth-order valence-corrected chi connectivity index (χ4v) is 2.52. The lowest BCUT2D eigenvalue weighted by Crippen LogP contribution is -2.35. The Hall–Kier alpha value is -0.850. The van der Waals surface area contributed by atoms with Crippen LogP contribution in [0.25, 0.3) is 0 Å². The van der Waals surface area contributed by atoms with E-state index in [1.54, 1.807) is 10.6 Å². The van der Waals surface area contributed by atoms with Crippen molar-refractivity contribution in [3.63, 3.8) is 0 Å². The number of aryl methyl sites for hydroxylation is 1. The van der Waals surface area contributed by atoms with Crippen LogP contribution < -0.4 is 10.6 Å². The quantitative estimate of drug-likeness (QED) is 0.742. The molecule has 0 aliphatic carbocycles. The van der Waals surface area contributed by atoms with Gasteiger partial charge in [-0.3, -0.25) is 4.79 Å². The molecular formula is C11H16BrN3O2. The zero-order chi connectivity index (χ0) is 12.4. The monoisotopic (exact) mass is 301 g/mol. The molecular weight excluding hydrogens is 286 g/mol. The third-order valence-electron chi connectivity index (χ3n) is 3.03. The van der Waals surface area contributed by atoms with Crippen LogP contribution in [0.1, 0.15) is 10.5 Å². The molecule has 17 heavy (non-hydrogen) atoms. The lowest BCUT2D eigenvalue weighted by Gasteiger charge is -2.14. The Morgan fingerprint density at radius 2 is 2.47 bits per heavy atom. The molecule has 0 saturated carbocycles. The first-order valence-electron chi connectivity index (χ1n) is 5.57. The van der Waals surface area contributed by atoms with E-state index >= 15 is 0 Å². The van der Waals surface area contributed by atoms with Crippen LogP contribution in [0.3, 0.4) is 0 Å². The fourth-order valence-electron chi connectivity index (χ4n) is 1.99. The molecule has 5 nitrogen and oxygen atoms in total. The van der Waals surface area contributed by atoms with Gasteiger partial charge < -0.3 is 20.3 Å². The molecule has 1 aliphatic rings. The van der Waals surface area contributed by atoms with Crippen molar-refractivity contribution >= 4 is 21.8 Å². The second-order valence-corrected chi connectivity index (χ2v) is 5.27. The highest BCUT2D eigenvalue weighted by atomic mass is 79.9. The summed E-state index contributed by atoms with van der Waals surface area (Å²) in [5.41, 5.74) is 0.609. The number of carbonyl (C=O) groups excluding carboxylic acids is 1. The molecule has 6 heteroatoms. The van der Waals surface area contributed by atoms with Crippen LogP contribution in [0.2, 0.25) is 0 Å². The summed E-state index contributed by atoms with van der Waals surface area (Å²) in [7, 11) is 1.83. The maximum Gasteiger partial charge on any atom is 0.267 e. The second-order valence-electron chi connectivity index (χ2n) is 4.35. The van der Waals surface area contributed by atoms with Crippen molar-refractivity contribution in [3.8, 4) is 0 Å². The number of nitrogens with zero attached hydrogens (tertiary/aromatic N) is 1. The number of aliphatic hydroxyl groups is 1. The van der Waals surface area contributed by atoms with Crippen molar-refractivity contribution in [3.05, 3.63) is 22.4 Å². The zero-order valence-corrected chi connectivity index (χ0v) is 11.2. The first-order valence-corrected chi connectivity index (χ1v) is 6.36. The van der Waals surface area contributed by atoms with Gasteiger partial charge in [-0.05, 0) is 22.0 Å². The molecule has 2 rings (SSSR count). The predicted octanol–water partition coefficient (Wildman–Crippen LogP) is 0.0977. The maximum absolute atomic E-state index is 11.9. The number of hydrogen-bond donors (Lipinski definition) is 3. The Balaban J connectivity index is 1.91. The van der Waals surface area contributed by atoms with E-state index in [2.05, 4.69) is 26.6 Å². The summed E-state index contributed by atoms with van der Waals surface area (Å²) in [6.07, 6.45) is 1.47. The first kappa shape index (κ1) is 12.6. The fraction of sp³-hybridized carbons (Fsp3) is 0.545. The minimum absolute atomic E-state index is 0.0997. The van der Waals surface area contributed by atoms with Crippen molar-refractivity contribution in [1.82, 2.24) is 15.2 Å². The third-order valence-corrected chi connectivity index (χ3v) is 3.47. The van der Waals surface area contributed by atoms with E-state index in [0.717, 1.165) is 11.0 Å². The summed E-state index contributed by atoms with van der Waals surface area (Å²) in [5, 5.41) is 15.5.